The van der Waals surface area contributed by atoms with Crippen LogP contribution in [-0.2, 0) is 25.6 Å². The smallest absolute Gasteiger partial charge is 0.475 e. The minimum absolute atomic E-state index is 0.00368. The molecule has 2 N–H and O–H groups in total. The number of carbonyl (C=O) groups is 2. The third kappa shape index (κ3) is 7.18. The quantitative estimate of drug-likeness (QED) is 0.651. The fraction of sp³-hybridized carbons (Fsp3) is 0.636. The highest BCUT2D eigenvalue weighted by atomic mass is 19.4. The Morgan fingerprint density at radius 3 is 2.56 bits per heavy atom. The Morgan fingerprint density at radius 2 is 1.97 bits per heavy atom. The summed E-state index contributed by atoms with van der Waals surface area (Å²) in [5, 5.41) is 10.1. The van der Waals surface area contributed by atoms with Crippen LogP contribution in [0.3, 0.4) is 0 Å². The number of hydrogen-bond acceptors (Lipinski definition) is 5. The van der Waals surface area contributed by atoms with E-state index >= 15 is 0 Å². The van der Waals surface area contributed by atoms with Gasteiger partial charge in [0.2, 0.25) is 5.91 Å². The molecule has 2 fully saturated rings. The number of benzene rings is 1. The standard InChI is InChI=1S/C20H30N2O3.C2HF3O2/c1-15-4-5-16(2)17(10-15)11-22-13-20(14-22)18(7-9-25-20)6-8-21-19(23)12-24-3;3-2(4,5)1(6)7/h4-5,10,18H,6-9,11-14H2,1-3H3,(H,21,23);(H,6,7). The summed E-state index contributed by atoms with van der Waals surface area (Å²) in [5.41, 5.74) is 4.09. The number of aliphatic carboxylic acids is 1. The molecule has 180 valence electrons. The number of aryl methyl sites for hydroxylation is 2. The van der Waals surface area contributed by atoms with Gasteiger partial charge in [-0.25, -0.2) is 4.79 Å². The van der Waals surface area contributed by atoms with Crippen molar-refractivity contribution in [3.63, 3.8) is 0 Å². The van der Waals surface area contributed by atoms with Gasteiger partial charge in [-0.05, 0) is 43.7 Å². The van der Waals surface area contributed by atoms with Gasteiger partial charge in [-0.3, -0.25) is 9.69 Å². The van der Waals surface area contributed by atoms with E-state index in [1.165, 1.54) is 23.8 Å². The molecule has 2 aliphatic heterocycles. The third-order valence-corrected chi connectivity index (χ3v) is 5.81. The fourth-order valence-electron chi connectivity index (χ4n) is 4.14. The maximum Gasteiger partial charge on any atom is 0.490 e. The molecule has 1 atom stereocenters. The van der Waals surface area contributed by atoms with Crippen molar-refractivity contribution in [2.75, 3.05) is 40.0 Å². The van der Waals surface area contributed by atoms with Gasteiger partial charge < -0.3 is 19.9 Å². The average molecular weight is 460 g/mol. The molecule has 0 aromatic heterocycles. The summed E-state index contributed by atoms with van der Waals surface area (Å²) in [7, 11) is 1.54. The first-order valence-electron chi connectivity index (χ1n) is 10.4. The second kappa shape index (κ2) is 11.1. The third-order valence-electron chi connectivity index (χ3n) is 5.81. The number of ether oxygens (including phenoxy) is 2. The predicted octanol–water partition coefficient (Wildman–Crippen LogP) is 2.68. The van der Waals surface area contributed by atoms with Gasteiger partial charge in [-0.15, -0.1) is 0 Å². The van der Waals surface area contributed by atoms with Crippen molar-refractivity contribution in [3.05, 3.63) is 34.9 Å². The molecule has 2 aliphatic rings. The Balaban J connectivity index is 0.000000451. The maximum absolute atomic E-state index is 11.5. The number of rotatable bonds is 7. The molecule has 7 nitrogen and oxygen atoms in total. The van der Waals surface area contributed by atoms with E-state index in [0.717, 1.165) is 39.1 Å². The zero-order chi connectivity index (χ0) is 23.9. The molecule has 0 bridgehead atoms. The molecule has 1 amide bonds. The minimum Gasteiger partial charge on any atom is -0.475 e. The van der Waals surface area contributed by atoms with Gasteiger partial charge in [0.05, 0.1) is 5.60 Å². The molecule has 32 heavy (non-hydrogen) atoms. The van der Waals surface area contributed by atoms with Crippen molar-refractivity contribution >= 4 is 11.9 Å². The van der Waals surface area contributed by atoms with E-state index < -0.39 is 12.1 Å². The molecule has 0 radical (unpaired) electrons. The van der Waals surface area contributed by atoms with E-state index in [4.69, 9.17) is 19.4 Å². The number of alkyl halides is 3. The Hall–Kier alpha value is -2.17. The number of hydrogen-bond donors (Lipinski definition) is 2. The Labute approximate surface area is 185 Å². The minimum atomic E-state index is -5.08. The highest BCUT2D eigenvalue weighted by Crippen LogP contribution is 2.42. The van der Waals surface area contributed by atoms with Gasteiger partial charge in [-0.1, -0.05) is 23.8 Å². The van der Waals surface area contributed by atoms with Crippen LogP contribution in [-0.4, -0.2) is 73.6 Å². The number of nitrogens with zero attached hydrogens (tertiary/aromatic N) is 1. The van der Waals surface area contributed by atoms with E-state index in [1.807, 2.05) is 0 Å². The Bertz CT molecular complexity index is 794. The van der Waals surface area contributed by atoms with Crippen LogP contribution >= 0.6 is 0 Å². The van der Waals surface area contributed by atoms with Gasteiger partial charge in [0.1, 0.15) is 6.61 Å². The highest BCUT2D eigenvalue weighted by molar-refractivity contribution is 5.77. The zero-order valence-electron chi connectivity index (χ0n) is 18.6. The molecule has 1 aromatic carbocycles. The number of carboxylic acid groups (broad SMARTS) is 1. The lowest BCUT2D eigenvalue weighted by molar-refractivity contribution is -0.192. The summed E-state index contributed by atoms with van der Waals surface area (Å²) in [4.78, 5) is 22.9. The fourth-order valence-corrected chi connectivity index (χ4v) is 4.14. The predicted molar refractivity (Wildman–Crippen MR) is 111 cm³/mol. The van der Waals surface area contributed by atoms with Crippen LogP contribution in [0.4, 0.5) is 13.2 Å². The number of methoxy groups -OCH3 is 1. The van der Waals surface area contributed by atoms with Crippen LogP contribution in [0.25, 0.3) is 0 Å². The lowest BCUT2D eigenvalue weighted by atomic mass is 9.78. The summed E-state index contributed by atoms with van der Waals surface area (Å²) in [6, 6.07) is 6.67. The normalized spacial score (nSPS) is 19.8. The van der Waals surface area contributed by atoms with E-state index in [0.29, 0.717) is 12.5 Å². The average Bonchev–Trinajstić information content (AvgIpc) is 3.08. The van der Waals surface area contributed by atoms with Gasteiger partial charge in [0, 0.05) is 39.9 Å². The lowest BCUT2D eigenvalue weighted by Crippen LogP contribution is -2.64. The van der Waals surface area contributed by atoms with Crippen LogP contribution in [0, 0.1) is 19.8 Å². The Kier molecular flexibility index (Phi) is 9.06. The van der Waals surface area contributed by atoms with E-state index in [-0.39, 0.29) is 18.1 Å². The molecule has 2 heterocycles. The second-order valence-electron chi connectivity index (χ2n) is 8.35. The molecule has 1 spiro atoms. The first kappa shape index (κ1) is 26.1. The number of halogens is 3. The topological polar surface area (TPSA) is 88.1 Å². The van der Waals surface area contributed by atoms with Crippen LogP contribution in [0.5, 0.6) is 0 Å². The summed E-state index contributed by atoms with van der Waals surface area (Å²) in [5.74, 6) is -2.27. The maximum atomic E-state index is 11.5. The van der Waals surface area contributed by atoms with E-state index in [9.17, 15) is 18.0 Å². The molecule has 1 unspecified atom stereocenters. The molecule has 3 rings (SSSR count). The largest absolute Gasteiger partial charge is 0.490 e. The van der Waals surface area contributed by atoms with Gasteiger partial charge in [-0.2, -0.15) is 13.2 Å². The number of likely N-dealkylation sites (tertiary alicyclic amines) is 1. The lowest BCUT2D eigenvalue weighted by Gasteiger charge is -2.50. The molecule has 0 aliphatic carbocycles. The summed E-state index contributed by atoms with van der Waals surface area (Å²) in [6.45, 7) is 9.00. The van der Waals surface area contributed by atoms with E-state index in [1.54, 1.807) is 0 Å². The van der Waals surface area contributed by atoms with Crippen LogP contribution in [0.15, 0.2) is 18.2 Å². The number of nitrogens with one attached hydrogen (secondary N) is 1. The van der Waals surface area contributed by atoms with Gasteiger partial charge in [0.25, 0.3) is 0 Å². The summed E-state index contributed by atoms with van der Waals surface area (Å²) in [6.07, 6.45) is -3.01. The molecule has 10 heteroatoms. The van der Waals surface area contributed by atoms with Gasteiger partial charge >= 0.3 is 12.1 Å². The second-order valence-corrected chi connectivity index (χ2v) is 8.35. The first-order valence-corrected chi connectivity index (χ1v) is 10.4. The monoisotopic (exact) mass is 460 g/mol. The SMILES string of the molecule is COCC(=O)NCCC1CCOC12CN(Cc1cc(C)ccc1C)C2.O=C(O)C(F)(F)F. The van der Waals surface area contributed by atoms with Crippen LogP contribution < -0.4 is 5.32 Å². The number of amides is 1. The molecule has 0 saturated carbocycles. The van der Waals surface area contributed by atoms with Crippen molar-refractivity contribution in [2.45, 2.75) is 45.0 Å². The molecule has 1 aromatic rings. The summed E-state index contributed by atoms with van der Waals surface area (Å²) < 4.78 is 42.7. The van der Waals surface area contributed by atoms with Crippen molar-refractivity contribution < 1.29 is 37.3 Å². The van der Waals surface area contributed by atoms with Crippen molar-refractivity contribution in [3.8, 4) is 0 Å². The first-order chi connectivity index (χ1) is 15.0. The Morgan fingerprint density at radius 1 is 1.31 bits per heavy atom. The number of carboxylic acids is 1. The van der Waals surface area contributed by atoms with Crippen LogP contribution in [0.1, 0.15) is 29.5 Å². The van der Waals surface area contributed by atoms with Crippen molar-refractivity contribution in [2.24, 2.45) is 5.92 Å². The molecular formula is C22H31F3N2O5. The summed E-state index contributed by atoms with van der Waals surface area (Å²) >= 11 is 0. The van der Waals surface area contributed by atoms with Crippen molar-refractivity contribution in [1.82, 2.24) is 10.2 Å². The number of carbonyl (C=O) groups excluding carboxylic acids is 1. The van der Waals surface area contributed by atoms with Crippen LogP contribution in [0.2, 0.25) is 0 Å². The molecular weight excluding hydrogens is 429 g/mol. The zero-order valence-corrected chi connectivity index (χ0v) is 18.6. The van der Waals surface area contributed by atoms with Crippen molar-refractivity contribution in [1.29, 1.82) is 0 Å². The van der Waals surface area contributed by atoms with Gasteiger partial charge in [0.15, 0.2) is 0 Å². The van der Waals surface area contributed by atoms with E-state index in [2.05, 4.69) is 42.3 Å². The highest BCUT2D eigenvalue weighted by Gasteiger charge is 2.52. The molecule has 2 saturated heterocycles.